The van der Waals surface area contributed by atoms with Crippen molar-refractivity contribution < 1.29 is 48.9 Å². The second-order valence-corrected chi connectivity index (χ2v) is 7.46. The van der Waals surface area contributed by atoms with E-state index < -0.39 is 85.0 Å². The molecule has 15 nitrogen and oxygen atoms in total. The van der Waals surface area contributed by atoms with Gasteiger partial charge < -0.3 is 42.3 Å². The van der Waals surface area contributed by atoms with Gasteiger partial charge >= 0.3 is 17.9 Å². The molecule has 0 aliphatic carbocycles. The summed E-state index contributed by atoms with van der Waals surface area (Å²) in [6.45, 7) is 0.0454. The topological polar surface area (TPSA) is 260 Å². The molecule has 1 rings (SSSR count). The van der Waals surface area contributed by atoms with Crippen LogP contribution >= 0.6 is 0 Å². The molecule has 1 heterocycles. The van der Waals surface area contributed by atoms with Crippen LogP contribution in [0, 0.1) is 0 Å². The van der Waals surface area contributed by atoms with Gasteiger partial charge in [0.15, 0.2) is 0 Å². The van der Waals surface area contributed by atoms with Gasteiger partial charge in [0.25, 0.3) is 0 Å². The van der Waals surface area contributed by atoms with E-state index in [2.05, 4.69) is 10.6 Å². The molecule has 33 heavy (non-hydrogen) atoms. The van der Waals surface area contributed by atoms with E-state index in [0.717, 1.165) is 4.90 Å². The SMILES string of the molecule is NC(=O)CC(NC(=O)C(N)CCC(=O)O)C(=O)N1CCCC1C(=O)NC(CC(=O)O)C(=O)O. The third-order valence-corrected chi connectivity index (χ3v) is 4.86. The van der Waals surface area contributed by atoms with Gasteiger partial charge in [-0.05, 0) is 19.3 Å². The van der Waals surface area contributed by atoms with Gasteiger partial charge in [-0.15, -0.1) is 0 Å². The number of aliphatic carboxylic acids is 3. The number of nitrogens with one attached hydrogen (secondary N) is 2. The first-order valence-electron chi connectivity index (χ1n) is 9.95. The van der Waals surface area contributed by atoms with Crippen molar-refractivity contribution in [2.24, 2.45) is 11.5 Å². The summed E-state index contributed by atoms with van der Waals surface area (Å²) in [5, 5.41) is 30.9. The van der Waals surface area contributed by atoms with Gasteiger partial charge in [0.2, 0.25) is 23.6 Å². The van der Waals surface area contributed by atoms with Crippen LogP contribution < -0.4 is 22.1 Å². The second-order valence-electron chi connectivity index (χ2n) is 7.46. The molecule has 1 fully saturated rings. The van der Waals surface area contributed by atoms with Crippen molar-refractivity contribution in [2.75, 3.05) is 6.54 Å². The van der Waals surface area contributed by atoms with E-state index in [1.165, 1.54) is 0 Å². The van der Waals surface area contributed by atoms with E-state index in [-0.39, 0.29) is 19.4 Å². The summed E-state index contributed by atoms with van der Waals surface area (Å²) in [6.07, 6.45) is -1.66. The molecule has 4 amide bonds. The number of primary amides is 1. The fourth-order valence-electron chi connectivity index (χ4n) is 3.24. The largest absolute Gasteiger partial charge is 0.481 e. The Bertz CT molecular complexity index is 816. The van der Waals surface area contributed by atoms with Crippen LogP contribution in [0.15, 0.2) is 0 Å². The van der Waals surface area contributed by atoms with E-state index in [0.29, 0.717) is 6.42 Å². The van der Waals surface area contributed by atoms with Crippen molar-refractivity contribution >= 4 is 41.5 Å². The quantitative estimate of drug-likeness (QED) is 0.138. The number of amides is 4. The molecule has 0 saturated carbocycles. The number of nitrogens with zero attached hydrogens (tertiary/aromatic N) is 1. The molecule has 0 aromatic rings. The second kappa shape index (κ2) is 12.3. The van der Waals surface area contributed by atoms with E-state index in [1.54, 1.807) is 0 Å². The summed E-state index contributed by atoms with van der Waals surface area (Å²) in [7, 11) is 0. The van der Waals surface area contributed by atoms with Gasteiger partial charge in [-0.2, -0.15) is 0 Å². The van der Waals surface area contributed by atoms with E-state index in [4.69, 9.17) is 26.8 Å². The molecule has 1 aliphatic rings. The van der Waals surface area contributed by atoms with Crippen molar-refractivity contribution in [2.45, 2.75) is 62.7 Å². The van der Waals surface area contributed by atoms with Crippen LogP contribution in [0.25, 0.3) is 0 Å². The Morgan fingerprint density at radius 3 is 2.09 bits per heavy atom. The molecule has 0 aromatic carbocycles. The Morgan fingerprint density at radius 2 is 1.58 bits per heavy atom. The monoisotopic (exact) mass is 473 g/mol. The number of carbonyl (C=O) groups excluding carboxylic acids is 4. The molecular weight excluding hydrogens is 446 g/mol. The number of hydrogen-bond acceptors (Lipinski definition) is 8. The Morgan fingerprint density at radius 1 is 0.939 bits per heavy atom. The molecule has 0 radical (unpaired) electrons. The molecule has 184 valence electrons. The lowest BCUT2D eigenvalue weighted by Crippen LogP contribution is -2.57. The Labute approximate surface area is 187 Å². The van der Waals surface area contributed by atoms with Crippen molar-refractivity contribution in [3.63, 3.8) is 0 Å². The lowest BCUT2D eigenvalue weighted by molar-refractivity contribution is -0.148. The van der Waals surface area contributed by atoms with Crippen molar-refractivity contribution in [3.8, 4) is 0 Å². The van der Waals surface area contributed by atoms with E-state index in [9.17, 15) is 33.6 Å². The lowest BCUT2D eigenvalue weighted by Gasteiger charge is -2.29. The minimum Gasteiger partial charge on any atom is -0.481 e. The Balaban J connectivity index is 2.95. The molecule has 0 bridgehead atoms. The van der Waals surface area contributed by atoms with E-state index >= 15 is 0 Å². The summed E-state index contributed by atoms with van der Waals surface area (Å²) >= 11 is 0. The highest BCUT2D eigenvalue weighted by molar-refractivity contribution is 5.96. The highest BCUT2D eigenvalue weighted by atomic mass is 16.4. The van der Waals surface area contributed by atoms with Crippen LogP contribution in [-0.4, -0.2) is 92.5 Å². The van der Waals surface area contributed by atoms with Crippen molar-refractivity contribution in [3.05, 3.63) is 0 Å². The summed E-state index contributed by atoms with van der Waals surface area (Å²) < 4.78 is 0. The zero-order valence-corrected chi connectivity index (χ0v) is 17.6. The number of likely N-dealkylation sites (tertiary alicyclic amines) is 1. The maximum atomic E-state index is 13.0. The minimum atomic E-state index is -1.72. The van der Waals surface area contributed by atoms with E-state index in [1.807, 2.05) is 0 Å². The maximum Gasteiger partial charge on any atom is 0.326 e. The average molecular weight is 473 g/mol. The fraction of sp³-hybridized carbons (Fsp3) is 0.611. The third kappa shape index (κ3) is 8.72. The zero-order valence-electron chi connectivity index (χ0n) is 17.6. The molecule has 15 heteroatoms. The van der Waals surface area contributed by atoms with Gasteiger partial charge in [0.1, 0.15) is 18.1 Å². The van der Waals surface area contributed by atoms with Gasteiger partial charge in [-0.3, -0.25) is 28.8 Å². The number of carboxylic acid groups (broad SMARTS) is 3. The Hall–Kier alpha value is -3.75. The fourth-order valence-corrected chi connectivity index (χ4v) is 3.24. The normalized spacial score (nSPS) is 18.0. The zero-order chi connectivity index (χ0) is 25.3. The summed E-state index contributed by atoms with van der Waals surface area (Å²) in [5.74, 6) is -7.81. The Kier molecular flexibility index (Phi) is 10.2. The standard InChI is InChI=1S/C18H27N5O10/c19-8(3-4-13(25)26)15(29)21-9(6-12(20)24)17(31)23-5-1-2-11(23)16(30)22-10(18(32)33)7-14(27)28/h8-11H,1-7,19H2,(H2,20,24)(H,21,29)(H,22,30)(H,25,26)(H,27,28)(H,32,33). The first kappa shape index (κ1) is 27.3. The average Bonchev–Trinajstić information content (AvgIpc) is 3.19. The van der Waals surface area contributed by atoms with Gasteiger partial charge in [0.05, 0.1) is 18.9 Å². The minimum absolute atomic E-state index is 0.0454. The van der Waals surface area contributed by atoms with Crippen LogP contribution in [0.3, 0.4) is 0 Å². The number of rotatable bonds is 13. The van der Waals surface area contributed by atoms with Crippen molar-refractivity contribution in [1.29, 1.82) is 0 Å². The lowest BCUT2D eigenvalue weighted by atomic mass is 10.1. The van der Waals surface area contributed by atoms with Crippen LogP contribution in [0.1, 0.15) is 38.5 Å². The molecule has 4 atom stereocenters. The summed E-state index contributed by atoms with van der Waals surface area (Å²) in [4.78, 5) is 82.9. The van der Waals surface area contributed by atoms with Crippen LogP contribution in [0.4, 0.5) is 0 Å². The smallest absolute Gasteiger partial charge is 0.326 e. The molecule has 0 spiro atoms. The van der Waals surface area contributed by atoms with Crippen LogP contribution in [0.5, 0.6) is 0 Å². The predicted molar refractivity (Wildman–Crippen MR) is 107 cm³/mol. The molecule has 1 saturated heterocycles. The summed E-state index contributed by atoms with van der Waals surface area (Å²) in [6, 6.07) is -5.66. The van der Waals surface area contributed by atoms with Crippen LogP contribution in [0.2, 0.25) is 0 Å². The van der Waals surface area contributed by atoms with Crippen LogP contribution in [-0.2, 0) is 33.6 Å². The number of nitrogens with two attached hydrogens (primary N) is 2. The highest BCUT2D eigenvalue weighted by Gasteiger charge is 2.39. The van der Waals surface area contributed by atoms with Crippen molar-refractivity contribution in [1.82, 2.24) is 15.5 Å². The number of carboxylic acids is 3. The highest BCUT2D eigenvalue weighted by Crippen LogP contribution is 2.20. The molecule has 9 N–H and O–H groups in total. The van der Waals surface area contributed by atoms with Gasteiger partial charge in [-0.25, -0.2) is 4.79 Å². The number of carbonyl (C=O) groups is 7. The first-order chi connectivity index (χ1) is 15.3. The molecule has 0 aromatic heterocycles. The molecule has 1 aliphatic heterocycles. The maximum absolute atomic E-state index is 13.0. The van der Waals surface area contributed by atoms with Gasteiger partial charge in [0, 0.05) is 13.0 Å². The molecule has 4 unspecified atom stereocenters. The first-order valence-corrected chi connectivity index (χ1v) is 9.95. The molecular formula is C18H27N5O10. The van der Waals surface area contributed by atoms with Gasteiger partial charge in [-0.1, -0.05) is 0 Å². The number of hydrogen-bond donors (Lipinski definition) is 7. The predicted octanol–water partition coefficient (Wildman–Crippen LogP) is -3.43. The third-order valence-electron chi connectivity index (χ3n) is 4.86. The summed E-state index contributed by atoms with van der Waals surface area (Å²) in [5.41, 5.74) is 10.8.